The molecule has 0 fully saturated rings. The van der Waals surface area contributed by atoms with E-state index in [9.17, 15) is 5.11 Å². The van der Waals surface area contributed by atoms with Gasteiger partial charge in [-0.2, -0.15) is 0 Å². The predicted molar refractivity (Wildman–Crippen MR) is 86.7 cm³/mol. The number of para-hydroxylation sites is 2. The largest absolute Gasteiger partial charge is 0.504 e. The van der Waals surface area contributed by atoms with Crippen LogP contribution in [0.5, 0.6) is 11.5 Å². The fourth-order valence-electron chi connectivity index (χ4n) is 2.73. The predicted octanol–water partition coefficient (Wildman–Crippen LogP) is 2.97. The molecule has 0 amide bonds. The molecule has 2 heterocycles. The second-order valence-electron chi connectivity index (χ2n) is 5.26. The van der Waals surface area contributed by atoms with E-state index in [1.165, 1.54) is 7.11 Å². The van der Waals surface area contributed by atoms with Crippen LogP contribution in [0, 0.1) is 6.92 Å². The fourth-order valence-corrected chi connectivity index (χ4v) is 2.73. The number of rotatable bonds is 2. The molecular weight excluding hydrogens is 292 g/mol. The number of aromatic hydroxyl groups is 1. The van der Waals surface area contributed by atoms with E-state index in [2.05, 4.69) is 15.2 Å². The number of phenolic OH excluding ortho intramolecular Hbond substituents is 1. The van der Waals surface area contributed by atoms with Gasteiger partial charge in [-0.1, -0.05) is 12.1 Å². The Kier molecular flexibility index (Phi) is 2.90. The van der Waals surface area contributed by atoms with Crippen LogP contribution in [-0.4, -0.2) is 31.8 Å². The molecular formula is C17H14N4O2. The molecule has 0 saturated carbocycles. The quantitative estimate of drug-likeness (QED) is 0.616. The summed E-state index contributed by atoms with van der Waals surface area (Å²) in [5.74, 6) is 1.17. The summed E-state index contributed by atoms with van der Waals surface area (Å²) < 4.78 is 7.16. The Morgan fingerprint density at radius 1 is 1.09 bits per heavy atom. The summed E-state index contributed by atoms with van der Waals surface area (Å²) in [7, 11) is 1.52. The second kappa shape index (κ2) is 4.95. The van der Waals surface area contributed by atoms with E-state index < -0.39 is 0 Å². The number of fused-ring (bicyclic) bond motifs is 3. The normalized spacial score (nSPS) is 11.2. The van der Waals surface area contributed by atoms with Crippen LogP contribution < -0.4 is 4.74 Å². The van der Waals surface area contributed by atoms with Crippen LogP contribution in [0.3, 0.4) is 0 Å². The molecule has 0 aliphatic heterocycles. The van der Waals surface area contributed by atoms with Crippen molar-refractivity contribution in [1.29, 1.82) is 0 Å². The van der Waals surface area contributed by atoms with Crippen molar-refractivity contribution in [2.45, 2.75) is 6.92 Å². The number of hydrogen-bond acceptors (Lipinski definition) is 5. The average Bonchev–Trinajstić information content (AvgIpc) is 3.01. The van der Waals surface area contributed by atoms with Crippen molar-refractivity contribution >= 4 is 16.7 Å². The van der Waals surface area contributed by atoms with Gasteiger partial charge in [0.1, 0.15) is 0 Å². The minimum absolute atomic E-state index is 0.0905. The van der Waals surface area contributed by atoms with Crippen LogP contribution in [0.2, 0.25) is 0 Å². The van der Waals surface area contributed by atoms with E-state index in [-0.39, 0.29) is 5.75 Å². The van der Waals surface area contributed by atoms with Gasteiger partial charge in [-0.3, -0.25) is 4.40 Å². The number of benzene rings is 2. The van der Waals surface area contributed by atoms with Crippen molar-refractivity contribution < 1.29 is 9.84 Å². The van der Waals surface area contributed by atoms with Gasteiger partial charge in [-0.25, -0.2) is 4.98 Å². The van der Waals surface area contributed by atoms with Crippen LogP contribution in [0.1, 0.15) is 5.69 Å². The maximum absolute atomic E-state index is 9.78. The highest BCUT2D eigenvalue weighted by Gasteiger charge is 2.15. The average molecular weight is 306 g/mol. The maximum atomic E-state index is 9.78. The molecule has 0 aliphatic rings. The van der Waals surface area contributed by atoms with Gasteiger partial charge in [0, 0.05) is 5.56 Å². The summed E-state index contributed by atoms with van der Waals surface area (Å²) >= 11 is 0. The van der Waals surface area contributed by atoms with Gasteiger partial charge < -0.3 is 9.84 Å². The molecule has 0 radical (unpaired) electrons. The van der Waals surface area contributed by atoms with Crippen molar-refractivity contribution in [1.82, 2.24) is 19.6 Å². The van der Waals surface area contributed by atoms with Gasteiger partial charge in [0.25, 0.3) is 0 Å². The summed E-state index contributed by atoms with van der Waals surface area (Å²) in [6.07, 6.45) is 0. The topological polar surface area (TPSA) is 72.5 Å². The summed E-state index contributed by atoms with van der Waals surface area (Å²) in [6.45, 7) is 1.91. The third-order valence-electron chi connectivity index (χ3n) is 3.84. The van der Waals surface area contributed by atoms with Crippen molar-refractivity contribution in [3.8, 4) is 22.9 Å². The van der Waals surface area contributed by atoms with Gasteiger partial charge in [0.15, 0.2) is 23.0 Å². The fraction of sp³-hybridized carbons (Fsp3) is 0.118. The SMILES string of the molecule is COc1cc(-c2nnc3c(C)nc4ccccc4n23)ccc1O. The Bertz CT molecular complexity index is 1040. The first-order chi connectivity index (χ1) is 11.2. The van der Waals surface area contributed by atoms with E-state index in [0.29, 0.717) is 17.2 Å². The number of ether oxygens (including phenoxy) is 1. The smallest absolute Gasteiger partial charge is 0.183 e. The molecule has 1 N–H and O–H groups in total. The Morgan fingerprint density at radius 3 is 2.74 bits per heavy atom. The maximum Gasteiger partial charge on any atom is 0.183 e. The molecule has 114 valence electrons. The Balaban J connectivity index is 2.08. The third kappa shape index (κ3) is 1.99. The molecule has 0 aliphatic carbocycles. The van der Waals surface area contributed by atoms with E-state index in [1.54, 1.807) is 18.2 Å². The first kappa shape index (κ1) is 13.5. The van der Waals surface area contributed by atoms with Crippen molar-refractivity contribution in [2.24, 2.45) is 0 Å². The monoisotopic (exact) mass is 306 g/mol. The molecule has 0 atom stereocenters. The molecule has 6 nitrogen and oxygen atoms in total. The molecule has 2 aromatic carbocycles. The molecule has 4 aromatic rings. The first-order valence-corrected chi connectivity index (χ1v) is 7.17. The Hall–Kier alpha value is -3.15. The zero-order valence-electron chi connectivity index (χ0n) is 12.7. The van der Waals surface area contributed by atoms with Gasteiger partial charge in [0.05, 0.1) is 23.8 Å². The second-order valence-corrected chi connectivity index (χ2v) is 5.26. The lowest BCUT2D eigenvalue weighted by atomic mass is 10.2. The van der Waals surface area contributed by atoms with E-state index >= 15 is 0 Å². The number of aryl methyl sites for hydroxylation is 1. The van der Waals surface area contributed by atoms with Crippen LogP contribution in [-0.2, 0) is 0 Å². The molecule has 0 spiro atoms. The van der Waals surface area contributed by atoms with Crippen molar-refractivity contribution in [3.63, 3.8) is 0 Å². The number of methoxy groups -OCH3 is 1. The van der Waals surface area contributed by atoms with Crippen LogP contribution in [0.15, 0.2) is 42.5 Å². The Morgan fingerprint density at radius 2 is 1.91 bits per heavy atom. The van der Waals surface area contributed by atoms with E-state index in [4.69, 9.17) is 4.74 Å². The zero-order valence-corrected chi connectivity index (χ0v) is 12.7. The van der Waals surface area contributed by atoms with Gasteiger partial charge in [0.2, 0.25) is 0 Å². The third-order valence-corrected chi connectivity index (χ3v) is 3.84. The van der Waals surface area contributed by atoms with E-state index in [0.717, 1.165) is 22.3 Å². The standard InChI is InChI=1S/C17H14N4O2/c1-10-16-19-20-17(11-7-8-14(22)15(9-11)23-2)21(16)13-6-4-3-5-12(13)18-10/h3-9,22H,1-2H3. The first-order valence-electron chi connectivity index (χ1n) is 7.17. The highest BCUT2D eigenvalue weighted by molar-refractivity contribution is 5.81. The lowest BCUT2D eigenvalue weighted by Gasteiger charge is -2.08. The Labute approximate surface area is 132 Å². The lowest BCUT2D eigenvalue weighted by molar-refractivity contribution is 0.373. The highest BCUT2D eigenvalue weighted by atomic mass is 16.5. The van der Waals surface area contributed by atoms with Crippen LogP contribution in [0.25, 0.3) is 28.1 Å². The van der Waals surface area contributed by atoms with E-state index in [1.807, 2.05) is 35.6 Å². The number of nitrogens with zero attached hydrogens (tertiary/aromatic N) is 4. The molecule has 2 aromatic heterocycles. The number of hydrogen-bond donors (Lipinski definition) is 1. The van der Waals surface area contributed by atoms with Crippen LogP contribution >= 0.6 is 0 Å². The molecule has 4 rings (SSSR count). The zero-order chi connectivity index (χ0) is 16.0. The summed E-state index contributed by atoms with van der Waals surface area (Å²) in [6, 6.07) is 13.0. The minimum atomic E-state index is 0.0905. The summed E-state index contributed by atoms with van der Waals surface area (Å²) in [4.78, 5) is 4.57. The lowest BCUT2D eigenvalue weighted by Crippen LogP contribution is -1.97. The highest BCUT2D eigenvalue weighted by Crippen LogP contribution is 2.32. The molecule has 6 heteroatoms. The van der Waals surface area contributed by atoms with Gasteiger partial charge >= 0.3 is 0 Å². The summed E-state index contributed by atoms with van der Waals surface area (Å²) in [5, 5.41) is 18.4. The minimum Gasteiger partial charge on any atom is -0.504 e. The van der Waals surface area contributed by atoms with Gasteiger partial charge in [-0.05, 0) is 37.3 Å². The van der Waals surface area contributed by atoms with Crippen LogP contribution in [0.4, 0.5) is 0 Å². The van der Waals surface area contributed by atoms with Crippen molar-refractivity contribution in [2.75, 3.05) is 7.11 Å². The summed E-state index contributed by atoms with van der Waals surface area (Å²) in [5.41, 5.74) is 4.14. The number of aromatic nitrogens is 4. The molecule has 0 saturated heterocycles. The van der Waals surface area contributed by atoms with Crippen molar-refractivity contribution in [3.05, 3.63) is 48.2 Å². The molecule has 23 heavy (non-hydrogen) atoms. The number of phenols is 1. The molecule has 0 bridgehead atoms. The molecule has 0 unspecified atom stereocenters. The van der Waals surface area contributed by atoms with Gasteiger partial charge in [-0.15, -0.1) is 10.2 Å².